The van der Waals surface area contributed by atoms with Crippen LogP contribution in [0.5, 0.6) is 0 Å². The van der Waals surface area contributed by atoms with Gasteiger partial charge in [-0.05, 0) is 42.3 Å². The van der Waals surface area contributed by atoms with Crippen LogP contribution in [0.15, 0.2) is 48.5 Å². The molecule has 0 radical (unpaired) electrons. The maximum absolute atomic E-state index is 12.9. The van der Waals surface area contributed by atoms with Gasteiger partial charge in [-0.15, -0.1) is 0 Å². The number of benzene rings is 2. The van der Waals surface area contributed by atoms with Gasteiger partial charge in [0.05, 0.1) is 5.75 Å². The van der Waals surface area contributed by atoms with Crippen molar-refractivity contribution in [3.05, 3.63) is 71.3 Å². The van der Waals surface area contributed by atoms with Gasteiger partial charge in [0, 0.05) is 6.54 Å². The van der Waals surface area contributed by atoms with E-state index in [1.807, 2.05) is 0 Å². The Morgan fingerprint density at radius 3 is 1.92 bits per heavy atom. The first-order chi connectivity index (χ1) is 11.3. The molecule has 0 bridgehead atoms. The minimum atomic E-state index is -3.73. The fourth-order valence-corrected chi connectivity index (χ4v) is 3.35. The molecule has 1 N–H and O–H groups in total. The zero-order valence-electron chi connectivity index (χ0n) is 13.0. The number of rotatable bonds is 6. The minimum absolute atomic E-state index is 0.107. The predicted molar refractivity (Wildman–Crippen MR) is 86.7 cm³/mol. The van der Waals surface area contributed by atoms with Crippen molar-refractivity contribution in [1.82, 2.24) is 5.32 Å². The lowest BCUT2D eigenvalue weighted by Gasteiger charge is -2.13. The molecule has 1 amide bonds. The van der Waals surface area contributed by atoms with Crippen LogP contribution in [0.4, 0.5) is 8.78 Å². The SMILES string of the molecule is CC(C(=O)NCc1ccc(F)cc1)S(=O)(=O)Cc1ccc(F)cc1. The van der Waals surface area contributed by atoms with E-state index in [0.717, 1.165) is 0 Å². The third kappa shape index (κ3) is 4.86. The van der Waals surface area contributed by atoms with Crippen molar-refractivity contribution in [2.75, 3.05) is 0 Å². The van der Waals surface area contributed by atoms with E-state index in [1.165, 1.54) is 55.5 Å². The zero-order valence-corrected chi connectivity index (χ0v) is 13.8. The molecule has 0 fully saturated rings. The summed E-state index contributed by atoms with van der Waals surface area (Å²) < 4.78 is 50.2. The fraction of sp³-hybridized carbons (Fsp3) is 0.235. The van der Waals surface area contributed by atoms with E-state index in [-0.39, 0.29) is 18.1 Å². The Morgan fingerprint density at radius 1 is 0.958 bits per heavy atom. The van der Waals surface area contributed by atoms with Crippen molar-refractivity contribution >= 4 is 15.7 Å². The van der Waals surface area contributed by atoms with E-state index in [4.69, 9.17) is 0 Å². The van der Waals surface area contributed by atoms with Crippen LogP contribution in [0.2, 0.25) is 0 Å². The van der Waals surface area contributed by atoms with Crippen LogP contribution in [-0.2, 0) is 26.9 Å². The second-order valence-electron chi connectivity index (χ2n) is 5.42. The first kappa shape index (κ1) is 18.1. The van der Waals surface area contributed by atoms with Crippen molar-refractivity contribution in [2.24, 2.45) is 0 Å². The summed E-state index contributed by atoms with van der Waals surface area (Å²) in [5.41, 5.74) is 1.07. The van der Waals surface area contributed by atoms with Crippen molar-refractivity contribution in [3.8, 4) is 0 Å². The molecule has 4 nitrogen and oxygen atoms in total. The third-order valence-corrected chi connectivity index (χ3v) is 5.60. The minimum Gasteiger partial charge on any atom is -0.351 e. The Kier molecular flexibility index (Phi) is 5.66. The molecular formula is C17H17F2NO3S. The molecule has 24 heavy (non-hydrogen) atoms. The van der Waals surface area contributed by atoms with Gasteiger partial charge in [0.2, 0.25) is 5.91 Å². The number of carbonyl (C=O) groups is 1. The van der Waals surface area contributed by atoms with Crippen LogP contribution in [0.3, 0.4) is 0 Å². The van der Waals surface area contributed by atoms with Crippen molar-refractivity contribution in [3.63, 3.8) is 0 Å². The van der Waals surface area contributed by atoms with Crippen molar-refractivity contribution in [1.29, 1.82) is 0 Å². The highest BCUT2D eigenvalue weighted by Gasteiger charge is 2.28. The normalized spacial score (nSPS) is 12.6. The zero-order chi connectivity index (χ0) is 17.7. The average molecular weight is 353 g/mol. The Labute approximate surface area is 139 Å². The molecule has 0 saturated carbocycles. The summed E-state index contributed by atoms with van der Waals surface area (Å²) in [5.74, 6) is -1.83. The molecule has 1 atom stereocenters. The van der Waals surface area contributed by atoms with Crippen LogP contribution in [0, 0.1) is 11.6 Å². The highest BCUT2D eigenvalue weighted by atomic mass is 32.2. The monoisotopic (exact) mass is 353 g/mol. The Hall–Kier alpha value is -2.28. The molecule has 0 aliphatic rings. The molecule has 128 valence electrons. The van der Waals surface area contributed by atoms with Crippen molar-refractivity contribution in [2.45, 2.75) is 24.5 Å². The Morgan fingerprint density at radius 2 is 1.42 bits per heavy atom. The van der Waals surface area contributed by atoms with Gasteiger partial charge in [-0.25, -0.2) is 17.2 Å². The van der Waals surface area contributed by atoms with Crippen LogP contribution >= 0.6 is 0 Å². The summed E-state index contributed by atoms with van der Waals surface area (Å²) in [6.45, 7) is 1.41. The van der Waals surface area contributed by atoms with Crippen LogP contribution in [0.1, 0.15) is 18.1 Å². The van der Waals surface area contributed by atoms with Gasteiger partial charge in [-0.2, -0.15) is 0 Å². The van der Waals surface area contributed by atoms with Gasteiger partial charge < -0.3 is 5.32 Å². The summed E-state index contributed by atoms with van der Waals surface area (Å²) in [6.07, 6.45) is 0. The van der Waals surface area contributed by atoms with E-state index in [9.17, 15) is 22.0 Å². The molecule has 7 heteroatoms. The highest BCUT2D eigenvalue weighted by Crippen LogP contribution is 2.13. The lowest BCUT2D eigenvalue weighted by Crippen LogP contribution is -2.38. The molecule has 0 heterocycles. The number of sulfone groups is 1. The molecule has 0 spiro atoms. The highest BCUT2D eigenvalue weighted by molar-refractivity contribution is 7.92. The molecule has 0 saturated heterocycles. The summed E-state index contributed by atoms with van der Waals surface area (Å²) in [6, 6.07) is 10.6. The molecule has 2 aromatic carbocycles. The molecule has 2 aromatic rings. The van der Waals surface area contributed by atoms with Gasteiger partial charge in [0.25, 0.3) is 0 Å². The molecule has 0 aliphatic carbocycles. The largest absolute Gasteiger partial charge is 0.351 e. The summed E-state index contributed by atoms with van der Waals surface area (Å²) >= 11 is 0. The first-order valence-electron chi connectivity index (χ1n) is 7.26. The summed E-state index contributed by atoms with van der Waals surface area (Å²) in [7, 11) is -3.73. The maximum Gasteiger partial charge on any atom is 0.238 e. The number of carbonyl (C=O) groups excluding carboxylic acids is 1. The number of hydrogen-bond donors (Lipinski definition) is 1. The number of halogens is 2. The fourth-order valence-electron chi connectivity index (χ4n) is 2.04. The molecule has 1 unspecified atom stereocenters. The van der Waals surface area contributed by atoms with Gasteiger partial charge >= 0.3 is 0 Å². The second-order valence-corrected chi connectivity index (χ2v) is 7.74. The Balaban J connectivity index is 1.97. The molecule has 0 aliphatic heterocycles. The number of amides is 1. The molecule has 0 aromatic heterocycles. The second kappa shape index (κ2) is 7.53. The predicted octanol–water partition coefficient (Wildman–Crippen LogP) is 2.58. The van der Waals surface area contributed by atoms with E-state index >= 15 is 0 Å². The summed E-state index contributed by atoms with van der Waals surface area (Å²) in [4.78, 5) is 12.0. The first-order valence-corrected chi connectivity index (χ1v) is 8.97. The van der Waals surface area contributed by atoms with Gasteiger partial charge in [0.15, 0.2) is 9.84 Å². The van der Waals surface area contributed by atoms with Crippen LogP contribution < -0.4 is 5.32 Å². The molecular weight excluding hydrogens is 336 g/mol. The molecule has 2 rings (SSSR count). The number of nitrogens with one attached hydrogen (secondary N) is 1. The van der Waals surface area contributed by atoms with Crippen molar-refractivity contribution < 1.29 is 22.0 Å². The van der Waals surface area contributed by atoms with Gasteiger partial charge in [0.1, 0.15) is 16.9 Å². The maximum atomic E-state index is 12.9. The lowest BCUT2D eigenvalue weighted by molar-refractivity contribution is -0.120. The van der Waals surface area contributed by atoms with Gasteiger partial charge in [-0.1, -0.05) is 24.3 Å². The van der Waals surface area contributed by atoms with Gasteiger partial charge in [-0.3, -0.25) is 4.79 Å². The standard InChI is InChI=1S/C17H17F2NO3S/c1-12(17(21)20-10-13-2-6-15(18)7-3-13)24(22,23)11-14-4-8-16(19)9-5-14/h2-9,12H,10-11H2,1H3,(H,20,21). The number of hydrogen-bond acceptors (Lipinski definition) is 3. The quantitative estimate of drug-likeness (QED) is 0.868. The van der Waals surface area contributed by atoms with E-state index in [1.54, 1.807) is 0 Å². The smallest absolute Gasteiger partial charge is 0.238 e. The summed E-state index contributed by atoms with van der Waals surface area (Å²) in [5, 5.41) is 1.27. The van der Waals surface area contributed by atoms with E-state index in [2.05, 4.69) is 5.32 Å². The topological polar surface area (TPSA) is 63.2 Å². The van der Waals surface area contributed by atoms with Crippen LogP contribution in [-0.4, -0.2) is 19.6 Å². The van der Waals surface area contributed by atoms with E-state index in [0.29, 0.717) is 11.1 Å². The lowest BCUT2D eigenvalue weighted by atomic mass is 10.2. The van der Waals surface area contributed by atoms with Crippen LogP contribution in [0.25, 0.3) is 0 Å². The third-order valence-electron chi connectivity index (χ3n) is 3.57. The Bertz CT molecular complexity index is 803. The average Bonchev–Trinajstić information content (AvgIpc) is 2.55. The van der Waals surface area contributed by atoms with E-state index < -0.39 is 26.8 Å².